The fraction of sp³-hybridized carbons (Fsp3) is 0.733. The molecule has 1 fully saturated rings. The molecule has 1 unspecified atom stereocenters. The molecule has 1 aromatic rings. The van der Waals surface area contributed by atoms with E-state index in [1.54, 1.807) is 0 Å². The Balaban J connectivity index is 1.98. The number of nitrogens with one attached hydrogen (secondary N) is 1. The van der Waals surface area contributed by atoms with E-state index >= 15 is 0 Å². The maximum absolute atomic E-state index is 4.58. The number of rotatable bonds is 6. The molecule has 0 amide bonds. The lowest BCUT2D eigenvalue weighted by Gasteiger charge is -2.16. The highest BCUT2D eigenvalue weighted by molar-refractivity contribution is 5.25. The van der Waals surface area contributed by atoms with Crippen LogP contribution in [0.5, 0.6) is 0 Å². The summed E-state index contributed by atoms with van der Waals surface area (Å²) in [5.74, 6) is 1.62. The molecule has 0 aliphatic heterocycles. The van der Waals surface area contributed by atoms with Gasteiger partial charge in [-0.25, -0.2) is 9.97 Å². The van der Waals surface area contributed by atoms with Gasteiger partial charge in [-0.15, -0.1) is 0 Å². The average Bonchev–Trinajstić information content (AvgIpc) is 3.15. The smallest absolute Gasteiger partial charge is 0.128 e. The minimum Gasteiger partial charge on any atom is -0.314 e. The van der Waals surface area contributed by atoms with E-state index in [1.165, 1.54) is 18.4 Å². The van der Waals surface area contributed by atoms with Crippen LogP contribution in [0, 0.1) is 19.8 Å². The van der Waals surface area contributed by atoms with Crippen LogP contribution in [-0.4, -0.2) is 22.6 Å². The van der Waals surface area contributed by atoms with Crippen molar-refractivity contribution < 1.29 is 0 Å². The number of aromatic nitrogens is 2. The maximum atomic E-state index is 4.58. The Kier molecular flexibility index (Phi) is 4.33. The molecule has 100 valence electrons. The number of aryl methyl sites for hydroxylation is 3. The van der Waals surface area contributed by atoms with Gasteiger partial charge in [0, 0.05) is 23.9 Å². The van der Waals surface area contributed by atoms with Crippen molar-refractivity contribution >= 4 is 0 Å². The lowest BCUT2D eigenvalue weighted by molar-refractivity contribution is 0.505. The summed E-state index contributed by atoms with van der Waals surface area (Å²) in [5, 5.41) is 3.60. The van der Waals surface area contributed by atoms with Crippen LogP contribution in [0.25, 0.3) is 0 Å². The molecule has 1 atom stereocenters. The Hall–Kier alpha value is -0.960. The molecule has 18 heavy (non-hydrogen) atoms. The molecule has 1 aromatic heterocycles. The van der Waals surface area contributed by atoms with E-state index < -0.39 is 0 Å². The van der Waals surface area contributed by atoms with Crippen LogP contribution >= 0.6 is 0 Å². The van der Waals surface area contributed by atoms with Gasteiger partial charge in [-0.2, -0.15) is 0 Å². The largest absolute Gasteiger partial charge is 0.314 e. The van der Waals surface area contributed by atoms with Crippen LogP contribution < -0.4 is 5.32 Å². The first kappa shape index (κ1) is 13.5. The third-order valence-electron chi connectivity index (χ3n) is 3.67. The van der Waals surface area contributed by atoms with Gasteiger partial charge in [0.1, 0.15) is 5.82 Å². The third kappa shape index (κ3) is 3.52. The molecule has 3 heteroatoms. The fourth-order valence-corrected chi connectivity index (χ4v) is 2.34. The first-order valence-electron chi connectivity index (χ1n) is 7.16. The van der Waals surface area contributed by atoms with Gasteiger partial charge in [-0.3, -0.25) is 0 Å². The van der Waals surface area contributed by atoms with Gasteiger partial charge >= 0.3 is 0 Å². The molecule has 1 saturated carbocycles. The van der Waals surface area contributed by atoms with Gasteiger partial charge in [-0.05, 0) is 51.1 Å². The van der Waals surface area contributed by atoms with Crippen molar-refractivity contribution in [1.29, 1.82) is 0 Å². The van der Waals surface area contributed by atoms with Crippen molar-refractivity contribution in [1.82, 2.24) is 15.3 Å². The van der Waals surface area contributed by atoms with E-state index in [0.717, 1.165) is 42.6 Å². The Labute approximate surface area is 110 Å². The topological polar surface area (TPSA) is 37.8 Å². The molecular weight excluding hydrogens is 222 g/mol. The van der Waals surface area contributed by atoms with Crippen molar-refractivity contribution in [2.45, 2.75) is 59.4 Å². The van der Waals surface area contributed by atoms with Crippen molar-refractivity contribution in [3.8, 4) is 0 Å². The predicted octanol–water partition coefficient (Wildman–Crippen LogP) is 2.59. The SMILES string of the molecule is CCc1nc(C)c(CC(C)CNC2CC2)c(C)n1. The predicted molar refractivity (Wildman–Crippen MR) is 74.8 cm³/mol. The Morgan fingerprint density at radius 3 is 2.33 bits per heavy atom. The average molecular weight is 247 g/mol. The highest BCUT2D eigenvalue weighted by Gasteiger charge is 2.21. The first-order valence-corrected chi connectivity index (χ1v) is 7.16. The van der Waals surface area contributed by atoms with E-state index in [0.29, 0.717) is 5.92 Å². The molecule has 2 rings (SSSR count). The van der Waals surface area contributed by atoms with Gasteiger partial charge in [-0.1, -0.05) is 13.8 Å². The maximum Gasteiger partial charge on any atom is 0.128 e. The zero-order valence-corrected chi connectivity index (χ0v) is 12.1. The third-order valence-corrected chi connectivity index (χ3v) is 3.67. The zero-order valence-electron chi connectivity index (χ0n) is 12.1. The monoisotopic (exact) mass is 247 g/mol. The van der Waals surface area contributed by atoms with Crippen LogP contribution in [0.3, 0.4) is 0 Å². The highest BCUT2D eigenvalue weighted by atomic mass is 14.9. The molecule has 1 heterocycles. The van der Waals surface area contributed by atoms with E-state index in [1.807, 2.05) is 0 Å². The van der Waals surface area contributed by atoms with Crippen LogP contribution in [0.4, 0.5) is 0 Å². The summed E-state index contributed by atoms with van der Waals surface area (Å²) in [5.41, 5.74) is 3.67. The molecule has 1 aliphatic rings. The highest BCUT2D eigenvalue weighted by Crippen LogP contribution is 2.20. The molecular formula is C15H25N3. The van der Waals surface area contributed by atoms with Gasteiger partial charge in [0.2, 0.25) is 0 Å². The Bertz CT molecular complexity index is 387. The second-order valence-electron chi connectivity index (χ2n) is 5.63. The van der Waals surface area contributed by atoms with Gasteiger partial charge in [0.05, 0.1) is 0 Å². The summed E-state index contributed by atoms with van der Waals surface area (Å²) in [6.07, 6.45) is 4.72. The van der Waals surface area contributed by atoms with Crippen molar-refractivity contribution in [2.75, 3.05) is 6.54 Å². The number of hydrogen-bond acceptors (Lipinski definition) is 3. The normalized spacial score (nSPS) is 16.9. The Morgan fingerprint density at radius 1 is 1.22 bits per heavy atom. The molecule has 1 N–H and O–H groups in total. The molecule has 0 saturated heterocycles. The van der Waals surface area contributed by atoms with Crippen molar-refractivity contribution in [3.63, 3.8) is 0 Å². The van der Waals surface area contributed by atoms with Gasteiger partial charge < -0.3 is 5.32 Å². The van der Waals surface area contributed by atoms with Crippen LogP contribution in [0.15, 0.2) is 0 Å². The lowest BCUT2D eigenvalue weighted by Crippen LogP contribution is -2.25. The lowest BCUT2D eigenvalue weighted by atomic mass is 9.98. The molecule has 0 bridgehead atoms. The molecule has 3 nitrogen and oxygen atoms in total. The fourth-order valence-electron chi connectivity index (χ4n) is 2.34. The summed E-state index contributed by atoms with van der Waals surface area (Å²) >= 11 is 0. The van der Waals surface area contributed by atoms with E-state index in [4.69, 9.17) is 0 Å². The van der Waals surface area contributed by atoms with E-state index in [-0.39, 0.29) is 0 Å². The summed E-state index contributed by atoms with van der Waals surface area (Å²) in [4.78, 5) is 9.16. The van der Waals surface area contributed by atoms with Crippen LogP contribution in [0.1, 0.15) is 49.5 Å². The Morgan fingerprint density at radius 2 is 1.83 bits per heavy atom. The summed E-state index contributed by atoms with van der Waals surface area (Å²) < 4.78 is 0. The van der Waals surface area contributed by atoms with Crippen molar-refractivity contribution in [2.24, 2.45) is 5.92 Å². The zero-order chi connectivity index (χ0) is 13.1. The van der Waals surface area contributed by atoms with E-state index in [2.05, 4.69) is 43.0 Å². The van der Waals surface area contributed by atoms with Crippen LogP contribution in [-0.2, 0) is 12.8 Å². The second kappa shape index (κ2) is 5.79. The van der Waals surface area contributed by atoms with Crippen molar-refractivity contribution in [3.05, 3.63) is 22.8 Å². The minimum atomic E-state index is 0.652. The summed E-state index contributed by atoms with van der Waals surface area (Å²) in [6.45, 7) is 9.76. The van der Waals surface area contributed by atoms with E-state index in [9.17, 15) is 0 Å². The number of hydrogen-bond donors (Lipinski definition) is 1. The second-order valence-corrected chi connectivity index (χ2v) is 5.63. The summed E-state index contributed by atoms with van der Waals surface area (Å²) in [7, 11) is 0. The molecule has 0 aromatic carbocycles. The molecule has 0 spiro atoms. The molecule has 0 radical (unpaired) electrons. The standard InChI is InChI=1S/C15H25N3/c1-5-15-17-11(3)14(12(4)18-15)8-10(2)9-16-13-6-7-13/h10,13,16H,5-9H2,1-4H3. The first-order chi connectivity index (χ1) is 8.60. The van der Waals surface area contributed by atoms with Gasteiger partial charge in [0.15, 0.2) is 0 Å². The van der Waals surface area contributed by atoms with Gasteiger partial charge in [0.25, 0.3) is 0 Å². The quantitative estimate of drug-likeness (QED) is 0.839. The number of nitrogens with zero attached hydrogens (tertiary/aromatic N) is 2. The molecule has 1 aliphatic carbocycles. The minimum absolute atomic E-state index is 0.652. The summed E-state index contributed by atoms with van der Waals surface area (Å²) in [6, 6.07) is 0.799. The van der Waals surface area contributed by atoms with Crippen LogP contribution in [0.2, 0.25) is 0 Å².